The number of carbonyl (C=O) groups is 1. The van der Waals surface area contributed by atoms with Gasteiger partial charge < -0.3 is 14.2 Å². The normalized spacial score (nSPS) is 15.7. The molecule has 5 nitrogen and oxygen atoms in total. The molecule has 118 valence electrons. The molecule has 2 heterocycles. The van der Waals surface area contributed by atoms with Gasteiger partial charge in [0.25, 0.3) is 0 Å². The van der Waals surface area contributed by atoms with Crippen LogP contribution in [0.15, 0.2) is 12.4 Å². The van der Waals surface area contributed by atoms with Gasteiger partial charge in [0, 0.05) is 44.9 Å². The molecule has 0 bridgehead atoms. The Hall–Kier alpha value is -1.36. The van der Waals surface area contributed by atoms with Crippen LogP contribution in [0.3, 0.4) is 0 Å². The lowest BCUT2D eigenvalue weighted by molar-refractivity contribution is -0.132. The fourth-order valence-electron chi connectivity index (χ4n) is 2.68. The number of ether oxygens (including phenoxy) is 1. The summed E-state index contributed by atoms with van der Waals surface area (Å²) >= 11 is 0. The minimum atomic E-state index is 0.248. The second-order valence-electron chi connectivity index (χ2n) is 5.90. The van der Waals surface area contributed by atoms with Crippen LogP contribution in [-0.2, 0) is 22.5 Å². The maximum atomic E-state index is 12.2. The van der Waals surface area contributed by atoms with E-state index in [0.717, 1.165) is 38.3 Å². The molecule has 5 heteroatoms. The summed E-state index contributed by atoms with van der Waals surface area (Å²) in [6.07, 6.45) is 8.83. The maximum Gasteiger partial charge on any atom is 0.223 e. The number of hydrogen-bond acceptors (Lipinski definition) is 3. The molecule has 0 aliphatic carbocycles. The van der Waals surface area contributed by atoms with E-state index in [9.17, 15) is 4.79 Å². The SMILES string of the molecule is CC(C)OCCn1ccnc1CCC(=O)N1CCCCC1. The Labute approximate surface area is 127 Å². The Bertz CT molecular complexity index is 436. The molecule has 21 heavy (non-hydrogen) atoms. The highest BCUT2D eigenvalue weighted by atomic mass is 16.5. The van der Waals surface area contributed by atoms with Crippen LogP contribution in [-0.4, -0.2) is 46.2 Å². The average Bonchev–Trinajstić information content (AvgIpc) is 2.93. The van der Waals surface area contributed by atoms with E-state index in [-0.39, 0.29) is 12.0 Å². The third-order valence-electron chi connectivity index (χ3n) is 3.86. The zero-order valence-corrected chi connectivity index (χ0v) is 13.3. The lowest BCUT2D eigenvalue weighted by atomic mass is 10.1. The molecule has 0 radical (unpaired) electrons. The van der Waals surface area contributed by atoms with Gasteiger partial charge in [-0.1, -0.05) is 0 Å². The third kappa shape index (κ3) is 5.16. The standard InChI is InChI=1S/C16H27N3O2/c1-14(2)21-13-12-18-11-8-17-15(18)6-7-16(20)19-9-4-3-5-10-19/h8,11,14H,3-7,9-10,12-13H2,1-2H3. The number of likely N-dealkylation sites (tertiary alicyclic amines) is 1. The predicted molar refractivity (Wildman–Crippen MR) is 82.1 cm³/mol. The Morgan fingerprint density at radius 2 is 2.10 bits per heavy atom. The number of carbonyl (C=O) groups excluding carboxylic acids is 1. The van der Waals surface area contributed by atoms with Crippen LogP contribution in [0.2, 0.25) is 0 Å². The van der Waals surface area contributed by atoms with Crippen molar-refractivity contribution in [3.63, 3.8) is 0 Å². The molecule has 2 rings (SSSR count). The van der Waals surface area contributed by atoms with Gasteiger partial charge in [0.15, 0.2) is 0 Å². The number of aryl methyl sites for hydroxylation is 1. The summed E-state index contributed by atoms with van der Waals surface area (Å²) in [7, 11) is 0. The number of aromatic nitrogens is 2. The van der Waals surface area contributed by atoms with E-state index in [4.69, 9.17) is 4.74 Å². The van der Waals surface area contributed by atoms with E-state index in [1.54, 1.807) is 6.20 Å². The van der Waals surface area contributed by atoms with Crippen LogP contribution in [0, 0.1) is 0 Å². The average molecular weight is 293 g/mol. The molecule has 0 N–H and O–H groups in total. The van der Waals surface area contributed by atoms with E-state index in [1.807, 2.05) is 24.9 Å². The highest BCUT2D eigenvalue weighted by Crippen LogP contribution is 2.11. The molecule has 1 aliphatic heterocycles. The zero-order valence-electron chi connectivity index (χ0n) is 13.3. The molecule has 1 fully saturated rings. The van der Waals surface area contributed by atoms with Gasteiger partial charge in [-0.05, 0) is 33.1 Å². The van der Waals surface area contributed by atoms with Crippen LogP contribution >= 0.6 is 0 Å². The molecule has 1 amide bonds. The Balaban J connectivity index is 1.77. The zero-order chi connectivity index (χ0) is 15.1. The second kappa shape index (κ2) is 8.17. The predicted octanol–water partition coefficient (Wildman–Crippen LogP) is 2.25. The smallest absolute Gasteiger partial charge is 0.223 e. The van der Waals surface area contributed by atoms with Crippen LogP contribution in [0.5, 0.6) is 0 Å². The van der Waals surface area contributed by atoms with Gasteiger partial charge in [-0.3, -0.25) is 4.79 Å². The summed E-state index contributed by atoms with van der Waals surface area (Å²) in [5.74, 6) is 1.25. The number of imidazole rings is 1. The molecule has 0 aromatic carbocycles. The van der Waals surface area contributed by atoms with Gasteiger partial charge in [0.2, 0.25) is 5.91 Å². The Morgan fingerprint density at radius 1 is 1.33 bits per heavy atom. The number of rotatable bonds is 7. The maximum absolute atomic E-state index is 12.2. The first-order chi connectivity index (χ1) is 10.2. The van der Waals surface area contributed by atoms with Crippen molar-refractivity contribution in [2.75, 3.05) is 19.7 Å². The largest absolute Gasteiger partial charge is 0.377 e. The van der Waals surface area contributed by atoms with E-state index in [1.165, 1.54) is 6.42 Å². The first-order valence-electron chi connectivity index (χ1n) is 8.06. The molecular weight excluding hydrogens is 266 g/mol. The van der Waals surface area contributed by atoms with Crippen LogP contribution in [0.4, 0.5) is 0 Å². The lowest BCUT2D eigenvalue weighted by Gasteiger charge is -2.26. The topological polar surface area (TPSA) is 47.4 Å². The molecule has 1 aromatic rings. The van der Waals surface area contributed by atoms with Crippen LogP contribution < -0.4 is 0 Å². The van der Waals surface area contributed by atoms with Crippen LogP contribution in [0.1, 0.15) is 45.4 Å². The molecule has 0 spiro atoms. The van der Waals surface area contributed by atoms with Crippen molar-refractivity contribution in [1.82, 2.24) is 14.5 Å². The highest BCUT2D eigenvalue weighted by Gasteiger charge is 2.16. The number of hydrogen-bond donors (Lipinski definition) is 0. The molecule has 0 atom stereocenters. The molecule has 1 aromatic heterocycles. The summed E-state index contributed by atoms with van der Waals surface area (Å²) in [4.78, 5) is 18.5. The number of nitrogens with zero attached hydrogens (tertiary/aromatic N) is 3. The first-order valence-corrected chi connectivity index (χ1v) is 8.06. The van der Waals surface area contributed by atoms with Gasteiger partial charge in [-0.15, -0.1) is 0 Å². The minimum Gasteiger partial charge on any atom is -0.377 e. The fourth-order valence-corrected chi connectivity index (χ4v) is 2.68. The van der Waals surface area contributed by atoms with Crippen molar-refractivity contribution in [1.29, 1.82) is 0 Å². The molecule has 1 saturated heterocycles. The molecule has 0 unspecified atom stereocenters. The summed E-state index contributed by atoms with van der Waals surface area (Å²) in [5, 5.41) is 0. The van der Waals surface area contributed by atoms with Crippen molar-refractivity contribution >= 4 is 5.91 Å². The lowest BCUT2D eigenvalue weighted by Crippen LogP contribution is -2.35. The van der Waals surface area contributed by atoms with Crippen molar-refractivity contribution in [3.8, 4) is 0 Å². The van der Waals surface area contributed by atoms with Crippen molar-refractivity contribution in [2.24, 2.45) is 0 Å². The Morgan fingerprint density at radius 3 is 2.81 bits per heavy atom. The van der Waals surface area contributed by atoms with Gasteiger partial charge in [-0.2, -0.15) is 0 Å². The quantitative estimate of drug-likeness (QED) is 0.774. The molecule has 1 aliphatic rings. The van der Waals surface area contributed by atoms with Gasteiger partial charge in [0.05, 0.1) is 12.7 Å². The van der Waals surface area contributed by atoms with E-state index in [0.29, 0.717) is 19.4 Å². The molecular formula is C16H27N3O2. The van der Waals surface area contributed by atoms with E-state index < -0.39 is 0 Å². The summed E-state index contributed by atoms with van der Waals surface area (Å²) in [6.45, 7) is 7.40. The molecule has 0 saturated carbocycles. The van der Waals surface area contributed by atoms with Gasteiger partial charge >= 0.3 is 0 Å². The highest BCUT2D eigenvalue weighted by molar-refractivity contribution is 5.76. The van der Waals surface area contributed by atoms with E-state index >= 15 is 0 Å². The summed E-state index contributed by atoms with van der Waals surface area (Å²) in [6, 6.07) is 0. The minimum absolute atomic E-state index is 0.248. The van der Waals surface area contributed by atoms with Crippen molar-refractivity contribution < 1.29 is 9.53 Å². The van der Waals surface area contributed by atoms with E-state index in [2.05, 4.69) is 9.55 Å². The second-order valence-corrected chi connectivity index (χ2v) is 5.90. The fraction of sp³-hybridized carbons (Fsp3) is 0.750. The van der Waals surface area contributed by atoms with Crippen molar-refractivity contribution in [2.45, 2.75) is 58.6 Å². The Kier molecular flexibility index (Phi) is 6.23. The third-order valence-corrected chi connectivity index (χ3v) is 3.86. The first kappa shape index (κ1) is 16.0. The van der Waals surface area contributed by atoms with Crippen molar-refractivity contribution in [3.05, 3.63) is 18.2 Å². The van der Waals surface area contributed by atoms with Gasteiger partial charge in [-0.25, -0.2) is 4.98 Å². The monoisotopic (exact) mass is 293 g/mol. The summed E-state index contributed by atoms with van der Waals surface area (Å²) in [5.41, 5.74) is 0. The van der Waals surface area contributed by atoms with Gasteiger partial charge in [0.1, 0.15) is 5.82 Å². The summed E-state index contributed by atoms with van der Waals surface area (Å²) < 4.78 is 7.66. The number of piperidine rings is 1. The number of amides is 1. The van der Waals surface area contributed by atoms with Crippen LogP contribution in [0.25, 0.3) is 0 Å².